The molecule has 2 amide bonds. The van der Waals surface area contributed by atoms with Crippen molar-refractivity contribution in [3.8, 4) is 0 Å². The standard InChI is InChI=1S/C27H49BN6O7/c1-17(2)14-22(28-40-21-16-18-15-20(26(18,3)4)27(21,5)41-28)32-24(37)19(31-23(36)11-7-6-8-13-35)10-9-12-30-25(29)33-34(38)39/h17-22,35H,6-16H2,1-5H3,(H,31,36)(H,32,37)(H3,29,30,33)/t18-,19-,20-,21+,22-,27-/m0/s1. The highest BCUT2D eigenvalue weighted by Gasteiger charge is 2.68. The molecule has 4 aliphatic rings. The lowest BCUT2D eigenvalue weighted by Crippen LogP contribution is -2.65. The van der Waals surface area contributed by atoms with Crippen LogP contribution in [0.2, 0.25) is 0 Å². The topological polar surface area (TPSA) is 188 Å². The monoisotopic (exact) mass is 580 g/mol. The molecule has 14 heteroatoms. The van der Waals surface area contributed by atoms with Crippen LogP contribution in [-0.4, -0.2) is 71.9 Å². The number of hydrogen-bond donors (Lipinski definition) is 6. The van der Waals surface area contributed by atoms with Gasteiger partial charge in [-0.25, -0.2) is 10.1 Å². The molecule has 13 nitrogen and oxygen atoms in total. The van der Waals surface area contributed by atoms with Gasteiger partial charge in [0.25, 0.3) is 5.96 Å². The van der Waals surface area contributed by atoms with E-state index in [4.69, 9.17) is 19.8 Å². The second-order valence-electron chi connectivity index (χ2n) is 13.0. The van der Waals surface area contributed by atoms with Gasteiger partial charge < -0.3 is 30.4 Å². The van der Waals surface area contributed by atoms with E-state index in [0.717, 1.165) is 12.8 Å². The third-order valence-electron chi connectivity index (χ3n) is 9.24. The van der Waals surface area contributed by atoms with Gasteiger partial charge in [0, 0.05) is 19.6 Å². The van der Waals surface area contributed by atoms with E-state index >= 15 is 0 Å². The molecule has 41 heavy (non-hydrogen) atoms. The Morgan fingerprint density at radius 1 is 1.15 bits per heavy atom. The second-order valence-corrected chi connectivity index (χ2v) is 13.0. The van der Waals surface area contributed by atoms with Crippen molar-refractivity contribution in [1.29, 1.82) is 5.41 Å². The molecule has 2 bridgehead atoms. The summed E-state index contributed by atoms with van der Waals surface area (Å²) in [6, 6.07) is -0.833. The molecule has 4 fully saturated rings. The van der Waals surface area contributed by atoms with Gasteiger partial charge in [-0.05, 0) is 75.0 Å². The maximum atomic E-state index is 13.6. The Kier molecular flexibility index (Phi) is 11.4. The van der Waals surface area contributed by atoms with Crippen molar-refractivity contribution in [2.75, 3.05) is 13.2 Å². The molecule has 0 radical (unpaired) electrons. The number of carbonyl (C=O) groups is 2. The highest BCUT2D eigenvalue weighted by atomic mass is 16.7. The van der Waals surface area contributed by atoms with E-state index in [1.807, 2.05) is 0 Å². The fourth-order valence-corrected chi connectivity index (χ4v) is 6.86. The van der Waals surface area contributed by atoms with E-state index < -0.39 is 35.7 Å². The largest absolute Gasteiger partial charge is 0.481 e. The molecule has 1 heterocycles. The fraction of sp³-hybridized carbons (Fsp3) is 0.889. The minimum absolute atomic E-state index is 0.0144. The molecule has 0 aromatic heterocycles. The summed E-state index contributed by atoms with van der Waals surface area (Å²) in [5.74, 6) is -0.177. The maximum absolute atomic E-state index is 13.6. The van der Waals surface area contributed by atoms with Gasteiger partial charge in [0.2, 0.25) is 11.8 Å². The fourth-order valence-electron chi connectivity index (χ4n) is 6.86. The number of aliphatic hydroxyl groups is 1. The first-order valence-electron chi connectivity index (χ1n) is 15.0. The lowest BCUT2D eigenvalue weighted by molar-refractivity contribution is -0.525. The van der Waals surface area contributed by atoms with Crippen molar-refractivity contribution in [2.45, 2.75) is 116 Å². The minimum atomic E-state index is -0.833. The molecular weight excluding hydrogens is 531 g/mol. The number of nitro groups is 1. The van der Waals surface area contributed by atoms with Crippen LogP contribution in [0.3, 0.4) is 0 Å². The van der Waals surface area contributed by atoms with Crippen LogP contribution in [0.15, 0.2) is 0 Å². The van der Waals surface area contributed by atoms with Gasteiger partial charge in [0.15, 0.2) is 5.03 Å². The van der Waals surface area contributed by atoms with Gasteiger partial charge >= 0.3 is 7.12 Å². The molecule has 0 aromatic rings. The summed E-state index contributed by atoms with van der Waals surface area (Å²) in [6.07, 6.45) is 5.52. The number of rotatable bonds is 16. The number of amides is 2. The number of nitrogens with zero attached hydrogens (tertiary/aromatic N) is 1. The van der Waals surface area contributed by atoms with E-state index in [1.54, 1.807) is 5.43 Å². The number of hydrazine groups is 1. The average molecular weight is 581 g/mol. The van der Waals surface area contributed by atoms with Crippen molar-refractivity contribution in [3.63, 3.8) is 0 Å². The summed E-state index contributed by atoms with van der Waals surface area (Å²) in [4.78, 5) is 36.8. The number of hydrogen-bond acceptors (Lipinski definition) is 8. The van der Waals surface area contributed by atoms with E-state index in [1.165, 1.54) is 0 Å². The van der Waals surface area contributed by atoms with Crippen molar-refractivity contribution >= 4 is 24.9 Å². The smallest absolute Gasteiger partial charge is 0.404 e. The summed E-state index contributed by atoms with van der Waals surface area (Å²) < 4.78 is 13.1. The maximum Gasteiger partial charge on any atom is 0.481 e. The molecule has 3 aliphatic carbocycles. The highest BCUT2D eigenvalue weighted by Crippen LogP contribution is 2.65. The van der Waals surface area contributed by atoms with E-state index in [0.29, 0.717) is 43.9 Å². The van der Waals surface area contributed by atoms with Crippen LogP contribution < -0.4 is 21.4 Å². The molecule has 0 aromatic carbocycles. The minimum Gasteiger partial charge on any atom is -0.404 e. The number of aliphatic hydroxyl groups excluding tert-OH is 1. The predicted molar refractivity (Wildman–Crippen MR) is 154 cm³/mol. The van der Waals surface area contributed by atoms with Gasteiger partial charge in [-0.15, -0.1) is 0 Å². The van der Waals surface area contributed by atoms with Gasteiger partial charge in [0.1, 0.15) is 6.04 Å². The Balaban J connectivity index is 1.65. The molecule has 6 N–H and O–H groups in total. The summed E-state index contributed by atoms with van der Waals surface area (Å²) in [5.41, 5.74) is 1.53. The Labute approximate surface area is 243 Å². The zero-order valence-electron chi connectivity index (χ0n) is 25.2. The average Bonchev–Trinajstić information content (AvgIpc) is 3.24. The van der Waals surface area contributed by atoms with Crippen LogP contribution in [0.4, 0.5) is 0 Å². The zero-order chi connectivity index (χ0) is 30.4. The summed E-state index contributed by atoms with van der Waals surface area (Å²) >= 11 is 0. The molecular formula is C27H49BN6O7. The van der Waals surface area contributed by atoms with E-state index in [-0.39, 0.29) is 55.2 Å². The van der Waals surface area contributed by atoms with Crippen molar-refractivity contribution in [2.24, 2.45) is 23.2 Å². The van der Waals surface area contributed by atoms with Crippen LogP contribution in [0, 0.1) is 38.7 Å². The highest BCUT2D eigenvalue weighted by molar-refractivity contribution is 6.48. The molecule has 232 valence electrons. The molecule has 3 saturated carbocycles. The predicted octanol–water partition coefficient (Wildman–Crippen LogP) is 1.91. The third-order valence-corrected chi connectivity index (χ3v) is 9.24. The van der Waals surface area contributed by atoms with E-state index in [2.05, 4.69) is 50.6 Å². The number of carbonyl (C=O) groups excluding carboxylic acids is 2. The Hall–Kier alpha value is -2.45. The zero-order valence-corrected chi connectivity index (χ0v) is 25.2. The quantitative estimate of drug-likeness (QED) is 0.0396. The van der Waals surface area contributed by atoms with Crippen molar-refractivity contribution in [3.05, 3.63) is 10.1 Å². The normalized spacial score (nSPS) is 27.3. The first-order chi connectivity index (χ1) is 19.3. The number of guanidine groups is 1. The van der Waals surface area contributed by atoms with Crippen LogP contribution in [0.25, 0.3) is 0 Å². The SMILES string of the molecule is CC(C)C[C@H](NC(=O)[C@H](CCCNC(=N)N[N+](=O)[O-])NC(=O)CCCCCO)B1O[C@@H]2C[C@@H]3C[C@@H](C3(C)C)[C@]2(C)O1. The van der Waals surface area contributed by atoms with Crippen LogP contribution in [0.1, 0.15) is 92.4 Å². The lowest BCUT2D eigenvalue weighted by Gasteiger charge is -2.64. The van der Waals surface area contributed by atoms with Gasteiger partial charge in [-0.3, -0.25) is 15.0 Å². The number of nitrogens with one attached hydrogen (secondary N) is 5. The molecule has 0 unspecified atom stereocenters. The third kappa shape index (κ3) is 8.32. The molecule has 1 aliphatic heterocycles. The lowest BCUT2D eigenvalue weighted by atomic mass is 9.43. The molecule has 1 saturated heterocycles. The van der Waals surface area contributed by atoms with Crippen molar-refractivity contribution in [1.82, 2.24) is 21.4 Å². The Morgan fingerprint density at radius 2 is 1.88 bits per heavy atom. The van der Waals surface area contributed by atoms with Crippen molar-refractivity contribution < 1.29 is 29.0 Å². The van der Waals surface area contributed by atoms with Gasteiger partial charge in [-0.1, -0.05) is 39.5 Å². The summed E-state index contributed by atoms with van der Waals surface area (Å²) in [6.45, 7) is 11.2. The first-order valence-corrected chi connectivity index (χ1v) is 15.0. The summed E-state index contributed by atoms with van der Waals surface area (Å²) in [5, 5.41) is 34.8. The molecule has 6 atom stereocenters. The van der Waals surface area contributed by atoms with Crippen LogP contribution >= 0.6 is 0 Å². The Morgan fingerprint density at radius 3 is 2.51 bits per heavy atom. The van der Waals surface area contributed by atoms with Gasteiger partial charge in [0.05, 0.1) is 17.6 Å². The summed E-state index contributed by atoms with van der Waals surface area (Å²) in [7, 11) is -0.586. The molecule has 0 spiro atoms. The van der Waals surface area contributed by atoms with E-state index in [9.17, 15) is 19.7 Å². The Bertz CT molecular complexity index is 953. The van der Waals surface area contributed by atoms with Crippen LogP contribution in [0.5, 0.6) is 0 Å². The first kappa shape index (κ1) is 33.1. The molecule has 4 rings (SSSR count). The van der Waals surface area contributed by atoms with Crippen LogP contribution in [-0.2, 0) is 18.9 Å². The van der Waals surface area contributed by atoms with Gasteiger partial charge in [-0.2, -0.15) is 0 Å². The second kappa shape index (κ2) is 14.1. The number of unbranched alkanes of at least 4 members (excludes halogenated alkanes) is 2.